The first-order valence-electron chi connectivity index (χ1n) is 6.07. The first-order chi connectivity index (χ1) is 8.75. The van der Waals surface area contributed by atoms with Crippen LogP contribution in [-0.4, -0.2) is 16.7 Å². The van der Waals surface area contributed by atoms with Crippen molar-refractivity contribution in [3.63, 3.8) is 0 Å². The minimum absolute atomic E-state index is 0.0239. The molecule has 18 heavy (non-hydrogen) atoms. The number of para-hydroxylation sites is 1. The highest BCUT2D eigenvalue weighted by Crippen LogP contribution is 2.40. The van der Waals surface area contributed by atoms with Crippen molar-refractivity contribution in [1.29, 1.82) is 0 Å². The normalized spacial score (nSPS) is 26.8. The highest BCUT2D eigenvalue weighted by Gasteiger charge is 2.38. The molecule has 1 aromatic carbocycles. The molecule has 1 saturated carbocycles. The number of phenols is 1. The summed E-state index contributed by atoms with van der Waals surface area (Å²) in [5, 5.41) is 13.7. The molecule has 3 rings (SSSR count). The van der Waals surface area contributed by atoms with Crippen molar-refractivity contribution in [3.8, 4) is 5.75 Å². The number of hydrazone groups is 1. The van der Waals surface area contributed by atoms with Crippen LogP contribution in [0.3, 0.4) is 0 Å². The third-order valence-corrected chi connectivity index (χ3v) is 3.61. The fraction of sp³-hybridized carbons (Fsp3) is 0.286. The van der Waals surface area contributed by atoms with E-state index in [0.29, 0.717) is 11.8 Å². The Morgan fingerprint density at radius 3 is 3.00 bits per heavy atom. The predicted molar refractivity (Wildman–Crippen MR) is 68.4 cm³/mol. The third-order valence-electron chi connectivity index (χ3n) is 3.61. The fourth-order valence-corrected chi connectivity index (χ4v) is 2.51. The number of hydrogen-bond acceptors (Lipinski definition) is 3. The van der Waals surface area contributed by atoms with E-state index in [9.17, 15) is 9.90 Å². The zero-order chi connectivity index (χ0) is 12.5. The molecule has 0 bridgehead atoms. The smallest absolute Gasteiger partial charge is 0.275 e. The Morgan fingerprint density at radius 2 is 2.22 bits per heavy atom. The van der Waals surface area contributed by atoms with Gasteiger partial charge in [-0.05, 0) is 30.9 Å². The SMILES string of the molecule is O=C(N/N=C1/C[C@@H]2C=CC[C@H]12)c1ccccc1O. The Balaban J connectivity index is 1.66. The van der Waals surface area contributed by atoms with Crippen LogP contribution in [0.4, 0.5) is 0 Å². The molecule has 0 aromatic heterocycles. The number of amides is 1. The van der Waals surface area contributed by atoms with Crippen molar-refractivity contribution in [3.05, 3.63) is 42.0 Å². The second-order valence-corrected chi connectivity index (χ2v) is 4.70. The van der Waals surface area contributed by atoms with Crippen LogP contribution in [-0.2, 0) is 0 Å². The maximum Gasteiger partial charge on any atom is 0.275 e. The van der Waals surface area contributed by atoms with E-state index in [2.05, 4.69) is 22.7 Å². The fourth-order valence-electron chi connectivity index (χ4n) is 2.51. The molecule has 0 radical (unpaired) electrons. The van der Waals surface area contributed by atoms with E-state index in [1.807, 2.05) is 0 Å². The van der Waals surface area contributed by atoms with E-state index in [1.54, 1.807) is 18.2 Å². The zero-order valence-corrected chi connectivity index (χ0v) is 9.84. The number of aromatic hydroxyl groups is 1. The quantitative estimate of drug-likeness (QED) is 0.616. The van der Waals surface area contributed by atoms with E-state index in [0.717, 1.165) is 18.6 Å². The molecule has 2 N–H and O–H groups in total. The third kappa shape index (κ3) is 1.79. The first kappa shape index (κ1) is 11.0. The highest BCUT2D eigenvalue weighted by molar-refractivity contribution is 5.99. The molecule has 0 unspecified atom stereocenters. The zero-order valence-electron chi connectivity index (χ0n) is 9.84. The van der Waals surface area contributed by atoms with Gasteiger partial charge >= 0.3 is 0 Å². The van der Waals surface area contributed by atoms with Gasteiger partial charge in [-0.15, -0.1) is 0 Å². The van der Waals surface area contributed by atoms with Crippen molar-refractivity contribution >= 4 is 11.6 Å². The van der Waals surface area contributed by atoms with Gasteiger partial charge in [0.05, 0.1) is 5.56 Å². The van der Waals surface area contributed by atoms with Gasteiger partial charge in [-0.1, -0.05) is 24.3 Å². The number of nitrogens with one attached hydrogen (secondary N) is 1. The number of rotatable bonds is 2. The van der Waals surface area contributed by atoms with Crippen LogP contribution in [0.2, 0.25) is 0 Å². The minimum atomic E-state index is -0.366. The molecule has 4 heteroatoms. The number of carbonyl (C=O) groups excluding carboxylic acids is 1. The lowest BCUT2D eigenvalue weighted by molar-refractivity contribution is 0.0951. The molecule has 1 amide bonds. The average Bonchev–Trinajstić information content (AvgIpc) is 2.71. The van der Waals surface area contributed by atoms with Gasteiger partial charge in [0.2, 0.25) is 0 Å². The van der Waals surface area contributed by atoms with Crippen molar-refractivity contribution in [2.75, 3.05) is 0 Å². The molecule has 0 heterocycles. The number of nitrogens with zero attached hydrogens (tertiary/aromatic N) is 1. The molecular weight excluding hydrogens is 228 g/mol. The second-order valence-electron chi connectivity index (χ2n) is 4.70. The summed E-state index contributed by atoms with van der Waals surface area (Å²) in [6, 6.07) is 6.45. The van der Waals surface area contributed by atoms with Gasteiger partial charge in [0.25, 0.3) is 5.91 Å². The van der Waals surface area contributed by atoms with Gasteiger partial charge in [-0.3, -0.25) is 4.79 Å². The Bertz CT molecular complexity index is 548. The lowest BCUT2D eigenvalue weighted by Crippen LogP contribution is -2.35. The van der Waals surface area contributed by atoms with Gasteiger partial charge in [-0.2, -0.15) is 5.10 Å². The van der Waals surface area contributed by atoms with Crippen molar-refractivity contribution < 1.29 is 9.90 Å². The maximum atomic E-state index is 11.8. The standard InChI is InChI=1S/C14H14N2O2/c17-13-7-2-1-5-11(13)14(18)16-15-12-8-9-4-3-6-10(9)12/h1-5,7,9-10,17H,6,8H2,(H,16,18)/b15-12-/t9-,10-/m0/s1. The molecule has 92 valence electrons. The van der Waals surface area contributed by atoms with Crippen LogP contribution < -0.4 is 5.43 Å². The monoisotopic (exact) mass is 242 g/mol. The molecule has 4 nitrogen and oxygen atoms in total. The van der Waals surface area contributed by atoms with Crippen LogP contribution in [0.1, 0.15) is 23.2 Å². The molecule has 2 aliphatic carbocycles. The molecule has 0 saturated heterocycles. The van der Waals surface area contributed by atoms with E-state index in [-0.39, 0.29) is 17.2 Å². The summed E-state index contributed by atoms with van der Waals surface area (Å²) in [4.78, 5) is 11.8. The second kappa shape index (κ2) is 4.29. The summed E-state index contributed by atoms with van der Waals surface area (Å²) < 4.78 is 0. The lowest BCUT2D eigenvalue weighted by atomic mass is 9.74. The minimum Gasteiger partial charge on any atom is -0.507 e. The summed E-state index contributed by atoms with van der Waals surface area (Å²) in [7, 11) is 0. The molecule has 1 aromatic rings. The van der Waals surface area contributed by atoms with Crippen molar-refractivity contribution in [1.82, 2.24) is 5.43 Å². The van der Waals surface area contributed by atoms with E-state index < -0.39 is 0 Å². The average molecular weight is 242 g/mol. The van der Waals surface area contributed by atoms with Gasteiger partial charge in [0.1, 0.15) is 5.75 Å². The van der Waals surface area contributed by atoms with Gasteiger partial charge in [0, 0.05) is 11.6 Å². The first-order valence-corrected chi connectivity index (χ1v) is 6.07. The molecule has 0 spiro atoms. The number of carbonyl (C=O) groups is 1. The molecule has 2 atom stereocenters. The molecule has 0 aliphatic heterocycles. The molecular formula is C14H14N2O2. The largest absolute Gasteiger partial charge is 0.507 e. The van der Waals surface area contributed by atoms with E-state index in [4.69, 9.17) is 0 Å². The summed E-state index contributed by atoms with van der Waals surface area (Å²) in [5.41, 5.74) is 3.82. The predicted octanol–water partition coefficient (Wildman–Crippen LogP) is 2.07. The molecule has 2 aliphatic rings. The summed E-state index contributed by atoms with van der Waals surface area (Å²) in [6.45, 7) is 0. The van der Waals surface area contributed by atoms with E-state index in [1.165, 1.54) is 6.07 Å². The Labute approximate surface area is 105 Å². The Kier molecular flexibility index (Phi) is 2.63. The van der Waals surface area contributed by atoms with E-state index >= 15 is 0 Å². The van der Waals surface area contributed by atoms with Gasteiger partial charge in [0.15, 0.2) is 0 Å². The number of phenolic OH excluding ortho intramolecular Hbond substituents is 1. The van der Waals surface area contributed by atoms with Crippen molar-refractivity contribution in [2.45, 2.75) is 12.8 Å². The summed E-state index contributed by atoms with van der Waals surface area (Å²) in [5.74, 6) is 0.708. The lowest BCUT2D eigenvalue weighted by Gasteiger charge is -2.31. The van der Waals surface area contributed by atoms with Crippen molar-refractivity contribution in [2.24, 2.45) is 16.9 Å². The Hall–Kier alpha value is -2.10. The van der Waals surface area contributed by atoms with Crippen LogP contribution in [0.5, 0.6) is 5.75 Å². The maximum absolute atomic E-state index is 11.8. The van der Waals surface area contributed by atoms with Crippen LogP contribution in [0.25, 0.3) is 0 Å². The Morgan fingerprint density at radius 1 is 1.39 bits per heavy atom. The van der Waals surface area contributed by atoms with Gasteiger partial charge in [-0.25, -0.2) is 5.43 Å². The topological polar surface area (TPSA) is 61.7 Å². The summed E-state index contributed by atoms with van der Waals surface area (Å²) in [6.07, 6.45) is 6.34. The number of hydrogen-bond donors (Lipinski definition) is 2. The highest BCUT2D eigenvalue weighted by atomic mass is 16.3. The number of fused-ring (bicyclic) bond motifs is 1. The van der Waals surface area contributed by atoms with Crippen LogP contribution in [0, 0.1) is 11.8 Å². The number of allylic oxidation sites excluding steroid dienone is 2. The molecule has 1 fully saturated rings. The van der Waals surface area contributed by atoms with Gasteiger partial charge < -0.3 is 5.11 Å². The number of benzene rings is 1. The van der Waals surface area contributed by atoms with Crippen LogP contribution >= 0.6 is 0 Å². The van der Waals surface area contributed by atoms with Crippen LogP contribution in [0.15, 0.2) is 41.5 Å². The summed E-state index contributed by atoms with van der Waals surface area (Å²) >= 11 is 0.